The van der Waals surface area contributed by atoms with E-state index in [1.807, 2.05) is 13.0 Å². The van der Waals surface area contributed by atoms with E-state index in [1.165, 1.54) is 7.11 Å². The van der Waals surface area contributed by atoms with Gasteiger partial charge in [0.25, 0.3) is 0 Å². The Hall–Kier alpha value is -1.12. The first-order valence-electron chi connectivity index (χ1n) is 5.89. The van der Waals surface area contributed by atoms with Gasteiger partial charge in [-0.25, -0.2) is 0 Å². The van der Waals surface area contributed by atoms with E-state index in [1.54, 1.807) is 0 Å². The maximum absolute atomic E-state index is 11.7. The molecule has 0 radical (unpaired) electrons. The van der Waals surface area contributed by atoms with Crippen LogP contribution in [0.25, 0.3) is 0 Å². The van der Waals surface area contributed by atoms with Gasteiger partial charge in [-0.1, -0.05) is 12.2 Å². The molecule has 2 atom stereocenters. The third kappa shape index (κ3) is 3.47. The first kappa shape index (κ1) is 12.9. The Balaban J connectivity index is 2.48. The van der Waals surface area contributed by atoms with Gasteiger partial charge in [-0.2, -0.15) is 0 Å². The molecule has 0 spiro atoms. The molecule has 90 valence electrons. The number of Topliss-reactive ketones (excluding diaryl/α,β-unsaturated/α-hetero) is 1. The molecule has 0 aliphatic heterocycles. The Labute approximate surface area is 96.9 Å². The van der Waals surface area contributed by atoms with Crippen LogP contribution in [0.1, 0.15) is 39.0 Å². The lowest BCUT2D eigenvalue weighted by Gasteiger charge is -2.16. The van der Waals surface area contributed by atoms with E-state index >= 15 is 0 Å². The van der Waals surface area contributed by atoms with Crippen LogP contribution in [-0.4, -0.2) is 18.9 Å². The average Bonchev–Trinajstić information content (AvgIpc) is 2.61. The molecule has 0 aromatic carbocycles. The van der Waals surface area contributed by atoms with Crippen LogP contribution >= 0.6 is 0 Å². The maximum atomic E-state index is 11.7. The molecule has 0 N–H and O–H groups in total. The van der Waals surface area contributed by atoms with Crippen LogP contribution in [0.3, 0.4) is 0 Å². The maximum Gasteiger partial charge on any atom is 0.305 e. The third-order valence-electron chi connectivity index (χ3n) is 3.28. The first-order chi connectivity index (χ1) is 7.69. The second-order valence-electron chi connectivity index (χ2n) is 4.30. The molecule has 1 fully saturated rings. The molecule has 0 heterocycles. The summed E-state index contributed by atoms with van der Waals surface area (Å²) in [5.74, 6) is 0.384. The van der Waals surface area contributed by atoms with Gasteiger partial charge in [0.05, 0.1) is 7.11 Å². The molecule has 1 rings (SSSR count). The summed E-state index contributed by atoms with van der Waals surface area (Å²) in [5, 5.41) is 0. The van der Waals surface area contributed by atoms with E-state index in [4.69, 9.17) is 0 Å². The molecule has 0 aromatic rings. The minimum Gasteiger partial charge on any atom is -0.469 e. The van der Waals surface area contributed by atoms with Gasteiger partial charge in [0, 0.05) is 18.8 Å². The van der Waals surface area contributed by atoms with Crippen LogP contribution in [-0.2, 0) is 14.3 Å². The van der Waals surface area contributed by atoms with E-state index < -0.39 is 0 Å². The molecule has 3 nitrogen and oxygen atoms in total. The van der Waals surface area contributed by atoms with Crippen molar-refractivity contribution >= 4 is 11.8 Å². The number of allylic oxidation sites excluding steroid dienone is 2. The fourth-order valence-electron chi connectivity index (χ4n) is 2.36. The van der Waals surface area contributed by atoms with E-state index in [9.17, 15) is 9.59 Å². The molecule has 3 heteroatoms. The fraction of sp³-hybridized carbons (Fsp3) is 0.692. The number of hydrogen-bond donors (Lipinski definition) is 0. The largest absolute Gasteiger partial charge is 0.469 e. The number of carbonyl (C=O) groups is 2. The van der Waals surface area contributed by atoms with Crippen LogP contribution in [0.4, 0.5) is 0 Å². The number of hydrogen-bond acceptors (Lipinski definition) is 3. The van der Waals surface area contributed by atoms with Crippen LogP contribution < -0.4 is 0 Å². The van der Waals surface area contributed by atoms with Gasteiger partial charge in [0.1, 0.15) is 5.78 Å². The van der Waals surface area contributed by atoms with Crippen molar-refractivity contribution < 1.29 is 14.3 Å². The fourth-order valence-corrected chi connectivity index (χ4v) is 2.36. The Morgan fingerprint density at radius 2 is 2.31 bits per heavy atom. The normalized spacial score (nSPS) is 25.2. The molecule has 16 heavy (non-hydrogen) atoms. The Kier molecular flexibility index (Phi) is 5.23. The third-order valence-corrected chi connectivity index (χ3v) is 3.28. The minimum absolute atomic E-state index is 0.0651. The van der Waals surface area contributed by atoms with Crippen molar-refractivity contribution in [3.05, 3.63) is 12.2 Å². The molecule has 1 aliphatic carbocycles. The van der Waals surface area contributed by atoms with E-state index in [-0.39, 0.29) is 17.8 Å². The molecule has 0 amide bonds. The molecular weight excluding hydrogens is 204 g/mol. The molecule has 1 aliphatic rings. The first-order valence-corrected chi connectivity index (χ1v) is 5.89. The predicted molar refractivity (Wildman–Crippen MR) is 61.9 cm³/mol. The average molecular weight is 224 g/mol. The second-order valence-corrected chi connectivity index (χ2v) is 4.30. The Morgan fingerprint density at radius 3 is 2.94 bits per heavy atom. The van der Waals surface area contributed by atoms with Crippen molar-refractivity contribution in [3.8, 4) is 0 Å². The highest BCUT2D eigenvalue weighted by molar-refractivity contribution is 5.84. The zero-order chi connectivity index (χ0) is 12.0. The lowest BCUT2D eigenvalue weighted by Crippen LogP contribution is -2.18. The summed E-state index contributed by atoms with van der Waals surface area (Å²) in [5.41, 5.74) is 0. The van der Waals surface area contributed by atoms with Gasteiger partial charge in [-0.05, 0) is 32.1 Å². The summed E-state index contributed by atoms with van der Waals surface area (Å²) in [6.45, 7) is 1.97. The minimum atomic E-state index is -0.198. The summed E-state index contributed by atoms with van der Waals surface area (Å²) in [6, 6.07) is 0. The zero-order valence-electron chi connectivity index (χ0n) is 10.1. The smallest absolute Gasteiger partial charge is 0.305 e. The predicted octanol–water partition coefficient (Wildman–Crippen LogP) is 2.50. The number of esters is 1. The van der Waals surface area contributed by atoms with Crippen molar-refractivity contribution in [2.45, 2.75) is 39.0 Å². The van der Waals surface area contributed by atoms with Gasteiger partial charge in [-0.3, -0.25) is 9.59 Å². The Morgan fingerprint density at radius 1 is 1.56 bits per heavy atom. The standard InChI is InChI=1S/C13H20O3/c1-3-4-5-6-11-10(7-8-12(11)14)9-13(15)16-2/h3-4,10-11H,5-9H2,1-2H3. The summed E-state index contributed by atoms with van der Waals surface area (Å²) >= 11 is 0. The lowest BCUT2D eigenvalue weighted by molar-refractivity contribution is -0.142. The number of ether oxygens (including phenoxy) is 1. The van der Waals surface area contributed by atoms with Gasteiger partial charge in [-0.15, -0.1) is 0 Å². The van der Waals surface area contributed by atoms with E-state index in [0.29, 0.717) is 18.6 Å². The van der Waals surface area contributed by atoms with Crippen molar-refractivity contribution in [2.24, 2.45) is 11.8 Å². The highest BCUT2D eigenvalue weighted by Gasteiger charge is 2.35. The molecule has 0 saturated heterocycles. The van der Waals surface area contributed by atoms with Crippen molar-refractivity contribution in [3.63, 3.8) is 0 Å². The highest BCUT2D eigenvalue weighted by atomic mass is 16.5. The van der Waals surface area contributed by atoms with Crippen molar-refractivity contribution in [2.75, 3.05) is 7.11 Å². The van der Waals surface area contributed by atoms with Crippen molar-refractivity contribution in [1.82, 2.24) is 0 Å². The second kappa shape index (κ2) is 6.46. The Bertz CT molecular complexity index is 281. The van der Waals surface area contributed by atoms with E-state index in [2.05, 4.69) is 10.8 Å². The van der Waals surface area contributed by atoms with E-state index in [0.717, 1.165) is 19.3 Å². The molecule has 2 unspecified atom stereocenters. The summed E-state index contributed by atoms with van der Waals surface area (Å²) in [6.07, 6.45) is 7.71. The number of methoxy groups -OCH3 is 1. The lowest BCUT2D eigenvalue weighted by atomic mass is 9.88. The van der Waals surface area contributed by atoms with Gasteiger partial charge in [0.15, 0.2) is 0 Å². The summed E-state index contributed by atoms with van der Waals surface area (Å²) < 4.78 is 4.66. The van der Waals surface area contributed by atoms with Crippen LogP contribution in [0.2, 0.25) is 0 Å². The number of rotatable bonds is 5. The van der Waals surface area contributed by atoms with Gasteiger partial charge in [0.2, 0.25) is 0 Å². The van der Waals surface area contributed by atoms with Gasteiger partial charge < -0.3 is 4.74 Å². The molecule has 1 saturated carbocycles. The van der Waals surface area contributed by atoms with Crippen LogP contribution in [0.15, 0.2) is 12.2 Å². The molecule has 0 aromatic heterocycles. The van der Waals surface area contributed by atoms with Crippen LogP contribution in [0, 0.1) is 11.8 Å². The number of carbonyl (C=O) groups excluding carboxylic acids is 2. The quantitative estimate of drug-likeness (QED) is 0.532. The van der Waals surface area contributed by atoms with Gasteiger partial charge >= 0.3 is 5.97 Å². The zero-order valence-corrected chi connectivity index (χ0v) is 10.1. The summed E-state index contributed by atoms with van der Waals surface area (Å²) in [4.78, 5) is 22.9. The molecular formula is C13H20O3. The highest BCUT2D eigenvalue weighted by Crippen LogP contribution is 2.34. The summed E-state index contributed by atoms with van der Waals surface area (Å²) in [7, 11) is 1.40. The monoisotopic (exact) mass is 224 g/mol. The van der Waals surface area contributed by atoms with Crippen LogP contribution in [0.5, 0.6) is 0 Å². The SMILES string of the molecule is CC=CCCC1C(=O)CCC1CC(=O)OC. The topological polar surface area (TPSA) is 43.4 Å². The molecule has 0 bridgehead atoms. The van der Waals surface area contributed by atoms with Crippen molar-refractivity contribution in [1.29, 1.82) is 0 Å². The number of ketones is 1.